The third-order valence-corrected chi connectivity index (χ3v) is 1.43. The van der Waals surface area contributed by atoms with Crippen LogP contribution in [0.1, 0.15) is 5.69 Å². The topological polar surface area (TPSA) is 59.1 Å². The number of hydrogen-bond donors (Lipinski definition) is 2. The molecule has 54 valence electrons. The number of halogens is 1. The molecule has 3 N–H and O–H groups in total. The van der Waals surface area contributed by atoms with Gasteiger partial charge in [0, 0.05) is 0 Å². The summed E-state index contributed by atoms with van der Waals surface area (Å²) < 4.78 is 0. The number of aromatic nitrogens is 1. The lowest BCUT2D eigenvalue weighted by molar-refractivity contribution is 0.277. The SMILES string of the molecule is Nc1cnc(CO)cc1Cl. The van der Waals surface area contributed by atoms with E-state index in [0.717, 1.165) is 0 Å². The summed E-state index contributed by atoms with van der Waals surface area (Å²) in [4.78, 5) is 3.80. The van der Waals surface area contributed by atoms with Crippen LogP contribution in [0.4, 0.5) is 5.69 Å². The molecule has 0 amide bonds. The van der Waals surface area contributed by atoms with Crippen LogP contribution in [0, 0.1) is 0 Å². The van der Waals surface area contributed by atoms with Gasteiger partial charge in [0.2, 0.25) is 0 Å². The quantitative estimate of drug-likeness (QED) is 0.636. The molecule has 0 atom stereocenters. The van der Waals surface area contributed by atoms with Gasteiger partial charge >= 0.3 is 0 Å². The summed E-state index contributed by atoms with van der Waals surface area (Å²) in [6.07, 6.45) is 1.42. The van der Waals surface area contributed by atoms with Crippen LogP contribution >= 0.6 is 11.6 Å². The van der Waals surface area contributed by atoms with E-state index in [4.69, 9.17) is 22.4 Å². The Morgan fingerprint density at radius 2 is 2.40 bits per heavy atom. The van der Waals surface area contributed by atoms with Crippen molar-refractivity contribution in [2.75, 3.05) is 5.73 Å². The van der Waals surface area contributed by atoms with Gasteiger partial charge in [0.1, 0.15) is 0 Å². The fraction of sp³-hybridized carbons (Fsp3) is 0.167. The molecule has 3 nitrogen and oxygen atoms in total. The number of nitrogens with zero attached hydrogens (tertiary/aromatic N) is 1. The Kier molecular flexibility index (Phi) is 2.09. The number of nitrogen functional groups attached to an aromatic ring is 1. The molecule has 0 aliphatic carbocycles. The van der Waals surface area contributed by atoms with Crippen molar-refractivity contribution >= 4 is 17.3 Å². The van der Waals surface area contributed by atoms with Gasteiger partial charge in [-0.25, -0.2) is 0 Å². The maximum absolute atomic E-state index is 8.59. The van der Waals surface area contributed by atoms with Gasteiger partial charge in [-0.05, 0) is 6.07 Å². The second kappa shape index (κ2) is 2.86. The molecular formula is C6H7ClN2O. The maximum Gasteiger partial charge on any atom is 0.0853 e. The zero-order valence-corrected chi connectivity index (χ0v) is 5.97. The molecule has 0 aromatic carbocycles. The number of hydrogen-bond acceptors (Lipinski definition) is 3. The number of anilines is 1. The summed E-state index contributed by atoms with van der Waals surface area (Å²) in [6, 6.07) is 1.54. The van der Waals surface area contributed by atoms with E-state index < -0.39 is 0 Å². The molecule has 0 fully saturated rings. The number of nitrogens with two attached hydrogens (primary N) is 1. The molecule has 0 unspecified atom stereocenters. The lowest BCUT2D eigenvalue weighted by Gasteiger charge is -1.97. The predicted molar refractivity (Wildman–Crippen MR) is 39.6 cm³/mol. The highest BCUT2D eigenvalue weighted by atomic mass is 35.5. The van der Waals surface area contributed by atoms with Crippen LogP contribution in [-0.2, 0) is 6.61 Å². The Balaban J connectivity index is 3.04. The fourth-order valence-electron chi connectivity index (χ4n) is 0.567. The number of rotatable bonds is 1. The number of pyridine rings is 1. The Hall–Kier alpha value is -0.800. The highest BCUT2D eigenvalue weighted by Crippen LogP contribution is 2.16. The molecule has 0 spiro atoms. The van der Waals surface area contributed by atoms with Crippen molar-refractivity contribution < 1.29 is 5.11 Å². The van der Waals surface area contributed by atoms with Crippen molar-refractivity contribution in [3.8, 4) is 0 Å². The van der Waals surface area contributed by atoms with E-state index in [-0.39, 0.29) is 6.61 Å². The number of aliphatic hydroxyl groups excluding tert-OH is 1. The van der Waals surface area contributed by atoms with Crippen molar-refractivity contribution in [1.82, 2.24) is 4.98 Å². The summed E-state index contributed by atoms with van der Waals surface area (Å²) in [6.45, 7) is -0.111. The fourth-order valence-corrected chi connectivity index (χ4v) is 0.742. The van der Waals surface area contributed by atoms with Gasteiger partial charge in [-0.2, -0.15) is 0 Å². The van der Waals surface area contributed by atoms with Gasteiger partial charge in [-0.15, -0.1) is 0 Å². The van der Waals surface area contributed by atoms with Gasteiger partial charge in [0.15, 0.2) is 0 Å². The molecule has 4 heteroatoms. The van der Waals surface area contributed by atoms with Crippen molar-refractivity contribution in [2.45, 2.75) is 6.61 Å². The molecule has 1 aromatic rings. The first-order chi connectivity index (χ1) is 4.74. The molecule has 10 heavy (non-hydrogen) atoms. The molecule has 0 bridgehead atoms. The van der Waals surface area contributed by atoms with Crippen molar-refractivity contribution in [3.63, 3.8) is 0 Å². The van der Waals surface area contributed by atoms with Gasteiger partial charge in [0.25, 0.3) is 0 Å². The molecule has 0 aliphatic rings. The molecule has 0 saturated carbocycles. The van der Waals surface area contributed by atoms with Crippen LogP contribution in [0.25, 0.3) is 0 Å². The molecule has 1 heterocycles. The van der Waals surface area contributed by atoms with Crippen LogP contribution in [0.2, 0.25) is 5.02 Å². The van der Waals surface area contributed by atoms with Crippen LogP contribution in [0.5, 0.6) is 0 Å². The maximum atomic E-state index is 8.59. The van der Waals surface area contributed by atoms with E-state index in [0.29, 0.717) is 16.4 Å². The number of aliphatic hydroxyl groups is 1. The largest absolute Gasteiger partial charge is 0.396 e. The molecule has 0 aliphatic heterocycles. The third-order valence-electron chi connectivity index (χ3n) is 1.10. The average Bonchev–Trinajstić information content (AvgIpc) is 1.95. The second-order valence-electron chi connectivity index (χ2n) is 1.86. The summed E-state index contributed by atoms with van der Waals surface area (Å²) in [7, 11) is 0. The Morgan fingerprint density at radius 1 is 1.70 bits per heavy atom. The van der Waals surface area contributed by atoms with Crippen LogP contribution < -0.4 is 5.73 Å². The summed E-state index contributed by atoms with van der Waals surface area (Å²) >= 11 is 5.62. The van der Waals surface area contributed by atoms with Crippen LogP contribution in [0.3, 0.4) is 0 Å². The Morgan fingerprint density at radius 3 is 2.90 bits per heavy atom. The highest BCUT2D eigenvalue weighted by Gasteiger charge is 1.96. The monoisotopic (exact) mass is 158 g/mol. The zero-order valence-electron chi connectivity index (χ0n) is 5.21. The van der Waals surface area contributed by atoms with Crippen LogP contribution in [-0.4, -0.2) is 10.1 Å². The third kappa shape index (κ3) is 1.37. The van der Waals surface area contributed by atoms with Gasteiger partial charge < -0.3 is 10.8 Å². The minimum Gasteiger partial charge on any atom is -0.396 e. The summed E-state index contributed by atoms with van der Waals surface area (Å²) in [5.74, 6) is 0. The molecular weight excluding hydrogens is 152 g/mol. The van der Waals surface area contributed by atoms with Crippen molar-refractivity contribution in [2.24, 2.45) is 0 Å². The second-order valence-corrected chi connectivity index (χ2v) is 2.26. The van der Waals surface area contributed by atoms with Crippen LogP contribution in [0.15, 0.2) is 12.3 Å². The standard InChI is InChI=1S/C6H7ClN2O/c7-5-1-4(3-10)9-2-6(5)8/h1-2,10H,3,8H2. The first-order valence-corrected chi connectivity index (χ1v) is 3.12. The van der Waals surface area contributed by atoms with E-state index in [1.54, 1.807) is 0 Å². The molecule has 1 aromatic heterocycles. The first kappa shape index (κ1) is 7.31. The zero-order chi connectivity index (χ0) is 7.56. The van der Waals surface area contributed by atoms with E-state index in [1.807, 2.05) is 0 Å². The first-order valence-electron chi connectivity index (χ1n) is 2.75. The van der Waals surface area contributed by atoms with E-state index in [9.17, 15) is 0 Å². The molecule has 1 rings (SSSR count). The Labute approximate surface area is 63.5 Å². The molecule has 0 saturated heterocycles. The van der Waals surface area contributed by atoms with Gasteiger partial charge in [0.05, 0.1) is 29.2 Å². The minimum absolute atomic E-state index is 0.111. The van der Waals surface area contributed by atoms with E-state index in [2.05, 4.69) is 4.98 Å². The average molecular weight is 159 g/mol. The molecule has 0 radical (unpaired) electrons. The summed E-state index contributed by atoms with van der Waals surface area (Å²) in [5.41, 5.74) is 6.32. The lowest BCUT2D eigenvalue weighted by Crippen LogP contribution is -1.92. The minimum atomic E-state index is -0.111. The van der Waals surface area contributed by atoms with E-state index in [1.165, 1.54) is 12.3 Å². The van der Waals surface area contributed by atoms with Crippen molar-refractivity contribution in [3.05, 3.63) is 23.0 Å². The smallest absolute Gasteiger partial charge is 0.0853 e. The van der Waals surface area contributed by atoms with E-state index >= 15 is 0 Å². The predicted octanol–water partition coefficient (Wildman–Crippen LogP) is 0.810. The highest BCUT2D eigenvalue weighted by molar-refractivity contribution is 6.33. The normalized spacial score (nSPS) is 9.80. The van der Waals surface area contributed by atoms with Gasteiger partial charge in [-0.1, -0.05) is 11.6 Å². The van der Waals surface area contributed by atoms with Crippen molar-refractivity contribution in [1.29, 1.82) is 0 Å². The lowest BCUT2D eigenvalue weighted by atomic mass is 10.3. The van der Waals surface area contributed by atoms with Gasteiger partial charge in [-0.3, -0.25) is 4.98 Å². The Bertz CT molecular complexity index is 239. The summed E-state index contributed by atoms with van der Waals surface area (Å²) in [5, 5.41) is 9.02.